The maximum atomic E-state index is 9.88. The number of benzene rings is 1. The van der Waals surface area contributed by atoms with Gasteiger partial charge in [-0.05, 0) is 0 Å². The van der Waals surface area contributed by atoms with Gasteiger partial charge in [-0.1, -0.05) is 19.9 Å². The second-order valence-electron chi connectivity index (χ2n) is 1.47. The van der Waals surface area contributed by atoms with Crippen molar-refractivity contribution in [3.63, 3.8) is 0 Å². The zero-order valence-corrected chi connectivity index (χ0v) is 9.71. The van der Waals surface area contributed by atoms with Crippen molar-refractivity contribution in [1.82, 2.24) is 0 Å². The summed E-state index contributed by atoms with van der Waals surface area (Å²) in [5.41, 5.74) is 0.604. The summed E-state index contributed by atoms with van der Waals surface area (Å²) in [5, 5.41) is 0. The van der Waals surface area contributed by atoms with Crippen LogP contribution in [0.5, 0.6) is 0 Å². The van der Waals surface area contributed by atoms with Crippen LogP contribution in [0.3, 0.4) is 0 Å². The predicted molar refractivity (Wildman–Crippen MR) is 42.6 cm³/mol. The molecule has 0 amide bonds. The Balaban J connectivity index is 0. The minimum absolute atomic E-state index is 0. The molecule has 1 aromatic rings. The van der Waals surface area contributed by atoms with Crippen molar-refractivity contribution < 1.29 is 37.5 Å². The van der Waals surface area contributed by atoms with Crippen LogP contribution in [0.25, 0.3) is 0 Å². The van der Waals surface area contributed by atoms with E-state index in [1.807, 2.05) is 19.9 Å². The normalized spacial score (nSPS) is 6.73. The summed E-state index contributed by atoms with van der Waals surface area (Å²) >= 11 is 0. The number of carbonyl (C=O) groups excluding carboxylic acids is 1. The molecule has 1 rings (SSSR count). The zero-order chi connectivity index (χ0) is 7.82. The molecule has 0 atom stereocenters. The average Bonchev–Trinajstić information content (AvgIpc) is 2.10. The minimum atomic E-state index is 0. The van der Waals surface area contributed by atoms with Crippen LogP contribution in [0.15, 0.2) is 30.3 Å². The maximum Gasteiger partial charge on any atom is 0.0627 e. The minimum Gasteiger partial charge on any atom is -0.376 e. The molecule has 2 heteroatoms. The Hall–Kier alpha value is -0.00610. The smallest absolute Gasteiger partial charge is 0.0627 e. The number of rotatable bonds is 1. The first kappa shape index (κ1) is 13.6. The molecule has 0 bridgehead atoms. The number of hydrogen-bond donors (Lipinski definition) is 0. The van der Waals surface area contributed by atoms with Gasteiger partial charge < -0.3 is 4.79 Å². The van der Waals surface area contributed by atoms with Crippen molar-refractivity contribution in [3.05, 3.63) is 35.9 Å². The van der Waals surface area contributed by atoms with Crippen LogP contribution >= 0.6 is 0 Å². The van der Waals surface area contributed by atoms with Crippen LogP contribution in [0, 0.1) is 0 Å². The van der Waals surface area contributed by atoms with Crippen molar-refractivity contribution in [3.8, 4) is 0 Å². The molecule has 0 saturated heterocycles. The van der Waals surface area contributed by atoms with Crippen LogP contribution in [0.4, 0.5) is 0 Å². The van der Waals surface area contributed by atoms with Gasteiger partial charge in [-0.15, -0.1) is 12.1 Å². The standard InChI is InChI=1S/C7H5O.C2H6.Y/c8-6-7-4-2-1-3-5-7;1-2;/h1-5H;1-2H3;/q-1;;. The Kier molecular flexibility index (Phi) is 12.3. The van der Waals surface area contributed by atoms with Gasteiger partial charge in [-0.2, -0.15) is 17.7 Å². The van der Waals surface area contributed by atoms with E-state index in [4.69, 9.17) is 0 Å². The van der Waals surface area contributed by atoms with E-state index in [2.05, 4.69) is 0 Å². The third-order valence-electron chi connectivity index (χ3n) is 0.892. The Morgan fingerprint density at radius 2 is 1.55 bits per heavy atom. The van der Waals surface area contributed by atoms with Gasteiger partial charge in [0.25, 0.3) is 0 Å². The summed E-state index contributed by atoms with van der Waals surface area (Å²) in [4.78, 5) is 9.88. The molecule has 57 valence electrons. The third kappa shape index (κ3) is 6.39. The molecule has 1 nitrogen and oxygen atoms in total. The molecule has 1 aromatic carbocycles. The molecule has 1 radical (unpaired) electrons. The van der Waals surface area contributed by atoms with Crippen molar-refractivity contribution in [2.45, 2.75) is 13.8 Å². The van der Waals surface area contributed by atoms with E-state index in [9.17, 15) is 4.79 Å². The van der Waals surface area contributed by atoms with Gasteiger partial charge in [-0.25, -0.2) is 0 Å². The summed E-state index contributed by atoms with van der Waals surface area (Å²) in [6.45, 7) is 4.00. The van der Waals surface area contributed by atoms with Gasteiger partial charge in [0.15, 0.2) is 0 Å². The topological polar surface area (TPSA) is 17.1 Å². The zero-order valence-electron chi connectivity index (χ0n) is 6.87. The van der Waals surface area contributed by atoms with E-state index in [0.717, 1.165) is 0 Å². The average molecular weight is 224 g/mol. The van der Waals surface area contributed by atoms with Gasteiger partial charge in [-0.3, -0.25) is 0 Å². The first-order valence-electron chi connectivity index (χ1n) is 3.36. The maximum absolute atomic E-state index is 9.88. The van der Waals surface area contributed by atoms with Crippen molar-refractivity contribution in [1.29, 1.82) is 0 Å². The molecule has 0 unspecified atom stereocenters. The second kappa shape index (κ2) is 9.99. The molecule has 0 fully saturated rings. The molecule has 11 heavy (non-hydrogen) atoms. The molecule has 0 aromatic heterocycles. The Labute approximate surface area is 93.1 Å². The molecule has 0 aliphatic heterocycles. The van der Waals surface area contributed by atoms with Gasteiger partial charge in [0.05, 0.1) is 6.29 Å². The summed E-state index contributed by atoms with van der Waals surface area (Å²) in [5.74, 6) is 0. The third-order valence-corrected chi connectivity index (χ3v) is 0.892. The Morgan fingerprint density at radius 1 is 1.09 bits per heavy atom. The quantitative estimate of drug-likeness (QED) is 0.668. The first-order valence-corrected chi connectivity index (χ1v) is 3.36. The molecule has 0 heterocycles. The molecule has 0 N–H and O–H groups in total. The van der Waals surface area contributed by atoms with Crippen LogP contribution in [0.1, 0.15) is 19.4 Å². The van der Waals surface area contributed by atoms with Crippen molar-refractivity contribution in [2.75, 3.05) is 0 Å². The van der Waals surface area contributed by atoms with Crippen LogP contribution in [0.2, 0.25) is 0 Å². The van der Waals surface area contributed by atoms with Crippen LogP contribution in [-0.4, -0.2) is 6.29 Å². The molecular formula is C9H11OY-. The van der Waals surface area contributed by atoms with E-state index < -0.39 is 0 Å². The van der Waals surface area contributed by atoms with Crippen molar-refractivity contribution in [2.24, 2.45) is 0 Å². The largest absolute Gasteiger partial charge is 0.376 e. The van der Waals surface area contributed by atoms with E-state index >= 15 is 0 Å². The molecule has 0 spiro atoms. The van der Waals surface area contributed by atoms with Gasteiger partial charge in [0.1, 0.15) is 0 Å². The first-order chi connectivity index (χ1) is 4.93. The van der Waals surface area contributed by atoms with Crippen molar-refractivity contribution >= 4 is 6.29 Å². The van der Waals surface area contributed by atoms with Gasteiger partial charge in [0, 0.05) is 32.7 Å². The van der Waals surface area contributed by atoms with E-state index in [1.165, 1.54) is 0 Å². The summed E-state index contributed by atoms with van der Waals surface area (Å²) in [6, 6.07) is 8.90. The van der Waals surface area contributed by atoms with E-state index in [-0.39, 0.29) is 32.7 Å². The van der Waals surface area contributed by atoms with Crippen LogP contribution in [-0.2, 0) is 37.5 Å². The van der Waals surface area contributed by atoms with E-state index in [1.54, 1.807) is 30.6 Å². The summed E-state index contributed by atoms with van der Waals surface area (Å²) in [6.07, 6.45) is 1.78. The van der Waals surface area contributed by atoms with Gasteiger partial charge in [0.2, 0.25) is 0 Å². The van der Waals surface area contributed by atoms with Gasteiger partial charge >= 0.3 is 0 Å². The van der Waals surface area contributed by atoms with Crippen LogP contribution < -0.4 is 0 Å². The Morgan fingerprint density at radius 3 is 1.82 bits per heavy atom. The summed E-state index contributed by atoms with van der Waals surface area (Å²) in [7, 11) is 0. The predicted octanol–water partition coefficient (Wildman–Crippen LogP) is 2.17. The SMILES string of the molecule is CC.O=[C-]c1ccccc1.[Y]. The second-order valence-corrected chi connectivity index (χ2v) is 1.47. The van der Waals surface area contributed by atoms with E-state index in [0.29, 0.717) is 5.56 Å². The molecule has 0 saturated carbocycles. The fourth-order valence-corrected chi connectivity index (χ4v) is 0.506. The monoisotopic (exact) mass is 224 g/mol. The Bertz CT molecular complexity index is 172. The molecule has 0 aliphatic rings. The summed E-state index contributed by atoms with van der Waals surface area (Å²) < 4.78 is 0. The fraction of sp³-hybridized carbons (Fsp3) is 0.222. The fourth-order valence-electron chi connectivity index (χ4n) is 0.506. The number of hydrogen-bond acceptors (Lipinski definition) is 1. The molecular weight excluding hydrogens is 213 g/mol. The molecule has 0 aliphatic carbocycles.